The standard InChI is InChI=1S/C5H5N3O4S.C5H6N2O2S.S2/c1-13-5-6-3(9)2(8(11)12)4(10)7-5;1-10-5-6-3(8)2-4(9)7-5;1-2/h1H3,(H2,6,7,9,10);2H,1H3,(H2,6,7,8,9);. The van der Waals surface area contributed by atoms with E-state index in [-0.39, 0.29) is 16.6 Å². The second kappa shape index (κ2) is 11.5. The van der Waals surface area contributed by atoms with Gasteiger partial charge in [0.1, 0.15) is 0 Å². The molecule has 0 fully saturated rings. The molecule has 25 heavy (non-hydrogen) atoms. The third-order valence-corrected chi connectivity index (χ3v) is 3.29. The van der Waals surface area contributed by atoms with Crippen LogP contribution in [-0.4, -0.2) is 47.6 Å². The average molecular weight is 425 g/mol. The highest BCUT2D eigenvalue weighted by atomic mass is 32.8. The van der Waals surface area contributed by atoms with Gasteiger partial charge in [0.05, 0.1) is 11.0 Å². The monoisotopic (exact) mass is 425 g/mol. The number of aromatic amines is 2. The van der Waals surface area contributed by atoms with Gasteiger partial charge in [-0.1, -0.05) is 23.5 Å². The number of hydrogen-bond donors (Lipinski definition) is 4. The Balaban J connectivity index is 0.000000430. The van der Waals surface area contributed by atoms with Gasteiger partial charge < -0.3 is 15.2 Å². The molecule has 0 atom stereocenters. The van der Waals surface area contributed by atoms with Crippen LogP contribution >= 0.6 is 23.5 Å². The summed E-state index contributed by atoms with van der Waals surface area (Å²) in [5, 5.41) is 28.5. The Morgan fingerprint density at radius 3 is 2.04 bits per heavy atom. The van der Waals surface area contributed by atoms with Crippen LogP contribution in [0.4, 0.5) is 5.69 Å². The first-order valence-corrected chi connectivity index (χ1v) is 9.59. The van der Waals surface area contributed by atoms with Crippen molar-refractivity contribution in [3.63, 3.8) is 0 Å². The van der Waals surface area contributed by atoms with E-state index in [1.807, 2.05) is 0 Å². The highest BCUT2D eigenvalue weighted by molar-refractivity contribution is 8.07. The van der Waals surface area contributed by atoms with Gasteiger partial charge in [0.15, 0.2) is 10.3 Å². The zero-order valence-corrected chi connectivity index (χ0v) is 15.8. The summed E-state index contributed by atoms with van der Waals surface area (Å²) < 4.78 is 0. The summed E-state index contributed by atoms with van der Waals surface area (Å²) in [4.78, 5) is 42.4. The van der Waals surface area contributed by atoms with Crippen LogP contribution in [0.1, 0.15) is 0 Å². The van der Waals surface area contributed by atoms with Crippen molar-refractivity contribution in [2.75, 3.05) is 12.5 Å². The predicted molar refractivity (Wildman–Crippen MR) is 98.0 cm³/mol. The van der Waals surface area contributed by atoms with Gasteiger partial charge in [-0.05, 0) is 12.5 Å². The Hall–Kier alpha value is -2.10. The van der Waals surface area contributed by atoms with Gasteiger partial charge >= 0.3 is 11.2 Å². The summed E-state index contributed by atoms with van der Waals surface area (Å²) in [5.41, 5.74) is -2.23. The van der Waals surface area contributed by atoms with Gasteiger partial charge in [0.25, 0.3) is 11.4 Å². The fraction of sp³-hybridized carbons (Fsp3) is 0.200. The van der Waals surface area contributed by atoms with E-state index in [2.05, 4.69) is 42.3 Å². The molecule has 2 aromatic heterocycles. The summed E-state index contributed by atoms with van der Waals surface area (Å²) in [6, 6.07) is 1.03. The molecule has 0 spiro atoms. The molecule has 136 valence electrons. The number of thioether (sulfide) groups is 2. The van der Waals surface area contributed by atoms with E-state index in [1.165, 1.54) is 11.8 Å². The maximum atomic E-state index is 11.0. The first-order valence-electron chi connectivity index (χ1n) is 5.81. The minimum atomic E-state index is -0.981. The van der Waals surface area contributed by atoms with Crippen LogP contribution in [0.5, 0.6) is 11.8 Å². The third-order valence-electron chi connectivity index (χ3n) is 2.13. The van der Waals surface area contributed by atoms with E-state index in [1.54, 1.807) is 12.5 Å². The van der Waals surface area contributed by atoms with E-state index < -0.39 is 22.0 Å². The van der Waals surface area contributed by atoms with Crippen molar-refractivity contribution in [3.05, 3.63) is 36.9 Å². The van der Waals surface area contributed by atoms with Crippen molar-refractivity contribution in [1.29, 1.82) is 0 Å². The van der Waals surface area contributed by atoms with Crippen LogP contribution in [0.25, 0.3) is 0 Å². The van der Waals surface area contributed by atoms with E-state index >= 15 is 0 Å². The SMILES string of the molecule is CSc1nc(O)c([N+](=O)[O-])c(=O)[nH]1.CSc1nc(O)cc(=O)[nH]1.S=S. The summed E-state index contributed by atoms with van der Waals surface area (Å²) in [7, 11) is 0. The molecule has 0 bridgehead atoms. The molecule has 0 unspecified atom stereocenters. The first kappa shape index (κ1) is 22.9. The van der Waals surface area contributed by atoms with E-state index in [0.717, 1.165) is 17.8 Å². The Morgan fingerprint density at radius 1 is 1.12 bits per heavy atom. The Kier molecular flexibility index (Phi) is 10.5. The van der Waals surface area contributed by atoms with Gasteiger partial charge in [-0.25, -0.2) is 0 Å². The molecule has 0 radical (unpaired) electrons. The number of rotatable bonds is 3. The molecule has 2 heterocycles. The van der Waals surface area contributed by atoms with Crippen LogP contribution in [0.3, 0.4) is 0 Å². The van der Waals surface area contributed by atoms with Gasteiger partial charge in [-0.15, -0.1) is 0 Å². The second-order valence-corrected chi connectivity index (χ2v) is 5.21. The van der Waals surface area contributed by atoms with E-state index in [9.17, 15) is 19.7 Å². The van der Waals surface area contributed by atoms with Gasteiger partial charge in [-0.3, -0.25) is 24.7 Å². The van der Waals surface area contributed by atoms with Gasteiger partial charge in [0, 0.05) is 22.4 Å². The Morgan fingerprint density at radius 2 is 1.64 bits per heavy atom. The van der Waals surface area contributed by atoms with Crippen molar-refractivity contribution < 1.29 is 15.1 Å². The lowest BCUT2D eigenvalue weighted by Gasteiger charge is -1.96. The molecule has 11 nitrogen and oxygen atoms in total. The second-order valence-electron chi connectivity index (χ2n) is 3.62. The Bertz CT molecular complexity index is 841. The lowest BCUT2D eigenvalue weighted by Crippen LogP contribution is -2.13. The molecule has 0 amide bonds. The molecule has 2 rings (SSSR count). The minimum absolute atomic E-state index is 0.133. The molecule has 0 saturated heterocycles. The lowest BCUT2D eigenvalue weighted by molar-refractivity contribution is -0.387. The number of nitrogens with one attached hydrogen (secondary N) is 2. The molecule has 0 aliphatic heterocycles. The molecule has 2 aromatic rings. The van der Waals surface area contributed by atoms with Crippen molar-refractivity contribution in [3.8, 4) is 11.8 Å². The smallest absolute Gasteiger partial charge is 0.395 e. The minimum Gasteiger partial charge on any atom is -0.493 e. The quantitative estimate of drug-likeness (QED) is 0.229. The van der Waals surface area contributed by atoms with E-state index in [0.29, 0.717) is 5.16 Å². The van der Waals surface area contributed by atoms with Gasteiger partial charge in [0.2, 0.25) is 5.88 Å². The molecular weight excluding hydrogens is 414 g/mol. The summed E-state index contributed by atoms with van der Waals surface area (Å²) in [6.45, 7) is 0. The zero-order valence-electron chi connectivity index (χ0n) is 12.6. The fourth-order valence-corrected chi connectivity index (χ4v) is 1.98. The zero-order chi connectivity index (χ0) is 19.6. The maximum absolute atomic E-state index is 11.0. The molecule has 0 aromatic carbocycles. The highest BCUT2D eigenvalue weighted by Crippen LogP contribution is 2.19. The third kappa shape index (κ3) is 7.55. The first-order chi connectivity index (χ1) is 11.8. The summed E-state index contributed by atoms with van der Waals surface area (Å²) in [5.74, 6) is -1.11. The topological polar surface area (TPSA) is 175 Å². The van der Waals surface area contributed by atoms with Crippen LogP contribution < -0.4 is 11.1 Å². The normalized spacial score (nSPS) is 9.20. The molecule has 4 N–H and O–H groups in total. The van der Waals surface area contributed by atoms with Gasteiger partial charge in [-0.2, -0.15) is 9.97 Å². The van der Waals surface area contributed by atoms with Crippen LogP contribution in [0, 0.1) is 10.1 Å². The molecular formula is C10H11N5O6S4. The number of aromatic hydroxyl groups is 2. The van der Waals surface area contributed by atoms with Crippen molar-refractivity contribution in [2.45, 2.75) is 10.3 Å². The molecule has 0 aliphatic rings. The summed E-state index contributed by atoms with van der Waals surface area (Å²) >= 11 is 9.67. The van der Waals surface area contributed by atoms with E-state index in [4.69, 9.17) is 10.2 Å². The number of H-pyrrole nitrogens is 2. The van der Waals surface area contributed by atoms with Crippen molar-refractivity contribution in [2.24, 2.45) is 0 Å². The van der Waals surface area contributed by atoms with Crippen LogP contribution in [0.2, 0.25) is 0 Å². The van der Waals surface area contributed by atoms with Crippen LogP contribution in [-0.2, 0) is 22.4 Å². The predicted octanol–water partition coefficient (Wildman–Crippen LogP) is 0.298. The average Bonchev–Trinajstić information content (AvgIpc) is 2.55. The lowest BCUT2D eigenvalue weighted by atomic mass is 10.5. The maximum Gasteiger partial charge on any atom is 0.395 e. The number of hydrogen-bond acceptors (Lipinski definition) is 12. The number of aromatic nitrogens is 4. The largest absolute Gasteiger partial charge is 0.493 e. The van der Waals surface area contributed by atoms with Crippen LogP contribution in [0.15, 0.2) is 26.0 Å². The highest BCUT2D eigenvalue weighted by Gasteiger charge is 2.21. The molecule has 0 aliphatic carbocycles. The molecule has 15 heteroatoms. The fourth-order valence-electron chi connectivity index (χ4n) is 1.22. The Labute approximate surface area is 158 Å². The summed E-state index contributed by atoms with van der Waals surface area (Å²) in [6.07, 6.45) is 3.38. The van der Waals surface area contributed by atoms with Crippen molar-refractivity contribution in [1.82, 2.24) is 19.9 Å². The van der Waals surface area contributed by atoms with Crippen molar-refractivity contribution >= 4 is 51.6 Å². The number of nitrogens with zero attached hydrogens (tertiary/aromatic N) is 3. The molecule has 0 saturated carbocycles. The number of nitro groups is 1.